The minimum Gasteiger partial charge on any atom is -0.328 e. The van der Waals surface area contributed by atoms with Crippen LogP contribution in [0.4, 0.5) is 28.6 Å². The second-order valence-electron chi connectivity index (χ2n) is 17.1. The third-order valence-corrected chi connectivity index (χ3v) is 12.0. The lowest BCUT2D eigenvalue weighted by Crippen LogP contribution is -2.26. The molecule has 7 aromatic rings. The number of nitrogens with zero attached hydrogens (tertiary/aromatic N) is 4. The van der Waals surface area contributed by atoms with Gasteiger partial charge >= 0.3 is 0 Å². The van der Waals surface area contributed by atoms with E-state index in [2.05, 4.69) is 214 Å². The highest BCUT2D eigenvalue weighted by Crippen LogP contribution is 2.52. The van der Waals surface area contributed by atoms with Crippen LogP contribution in [0.15, 0.2) is 180 Å². The Balaban J connectivity index is 1.05. The van der Waals surface area contributed by atoms with Gasteiger partial charge in [0.05, 0.1) is 18.0 Å². The molecular formula is C52H48N4S. The predicted octanol–water partition coefficient (Wildman–Crippen LogP) is 14.4. The van der Waals surface area contributed by atoms with Crippen molar-refractivity contribution in [3.63, 3.8) is 0 Å². The summed E-state index contributed by atoms with van der Waals surface area (Å²) in [6.07, 6.45) is 6.30. The molecule has 3 heterocycles. The first-order chi connectivity index (χ1) is 27.5. The van der Waals surface area contributed by atoms with E-state index in [9.17, 15) is 0 Å². The highest BCUT2D eigenvalue weighted by molar-refractivity contribution is 7.99. The van der Waals surface area contributed by atoms with Crippen molar-refractivity contribution in [2.75, 3.05) is 21.4 Å². The fraction of sp³-hybridized carbons (Fsp3) is 0.173. The molecule has 0 N–H and O–H groups in total. The monoisotopic (exact) mass is 760 g/mol. The summed E-state index contributed by atoms with van der Waals surface area (Å²) in [5, 5.41) is 0. The molecule has 57 heavy (non-hydrogen) atoms. The van der Waals surface area contributed by atoms with Gasteiger partial charge in [-0.15, -0.1) is 0 Å². The average Bonchev–Trinajstić information content (AvgIpc) is 3.68. The molecule has 2 aliphatic rings. The van der Waals surface area contributed by atoms with Crippen molar-refractivity contribution in [3.8, 4) is 33.4 Å². The predicted molar refractivity (Wildman–Crippen MR) is 242 cm³/mol. The maximum Gasteiger partial charge on any atom is 0.137 e. The number of hydrogen-bond donors (Lipinski definition) is 0. The Kier molecular flexibility index (Phi) is 9.29. The van der Waals surface area contributed by atoms with Crippen molar-refractivity contribution in [1.82, 2.24) is 4.98 Å². The molecule has 9 rings (SSSR count). The van der Waals surface area contributed by atoms with E-state index in [1.165, 1.54) is 65.7 Å². The number of rotatable bonds is 6. The quantitative estimate of drug-likeness (QED) is 0.168. The summed E-state index contributed by atoms with van der Waals surface area (Å²) in [5.41, 5.74) is 14.7. The van der Waals surface area contributed by atoms with Crippen LogP contribution in [0.1, 0.15) is 52.7 Å². The zero-order valence-corrected chi connectivity index (χ0v) is 34.4. The zero-order valence-electron chi connectivity index (χ0n) is 33.6. The largest absolute Gasteiger partial charge is 0.328 e. The van der Waals surface area contributed by atoms with Crippen LogP contribution in [0.2, 0.25) is 0 Å². The molecule has 4 nitrogen and oxygen atoms in total. The van der Waals surface area contributed by atoms with E-state index in [0.29, 0.717) is 0 Å². The van der Waals surface area contributed by atoms with Gasteiger partial charge in [-0.2, -0.15) is 0 Å². The summed E-state index contributed by atoms with van der Waals surface area (Å²) in [4.78, 5) is 14.3. The van der Waals surface area contributed by atoms with E-state index in [-0.39, 0.29) is 10.8 Å². The maximum atomic E-state index is 4.92. The fourth-order valence-corrected chi connectivity index (χ4v) is 8.72. The van der Waals surface area contributed by atoms with Crippen LogP contribution in [-0.2, 0) is 10.8 Å². The fourth-order valence-electron chi connectivity index (χ4n) is 7.82. The zero-order chi connectivity index (χ0) is 39.3. The Morgan fingerprint density at radius 1 is 0.474 bits per heavy atom. The van der Waals surface area contributed by atoms with Crippen molar-refractivity contribution in [1.29, 1.82) is 0 Å². The molecule has 0 atom stereocenters. The molecule has 0 spiro atoms. The van der Waals surface area contributed by atoms with Gasteiger partial charge in [0.1, 0.15) is 5.82 Å². The van der Waals surface area contributed by atoms with E-state index in [1.54, 1.807) is 11.8 Å². The SMILES string of the molecule is CC(C)(C)c1cc(N2C=CN(c3cccc(Sc4ccc5c(c4)N(c4ccccn4)c4ccc(-c6ccccc6)cc4-c4ccccc4-5)c3)C2)cc(C(C)(C)C)c1. The Hall–Kier alpha value is -6.04. The minimum atomic E-state index is 0.0633. The smallest absolute Gasteiger partial charge is 0.137 e. The summed E-state index contributed by atoms with van der Waals surface area (Å²) in [6.45, 7) is 14.6. The number of aromatic nitrogens is 1. The van der Waals surface area contributed by atoms with Gasteiger partial charge < -0.3 is 9.80 Å². The lowest BCUT2D eigenvalue weighted by molar-refractivity contribution is 0.568. The van der Waals surface area contributed by atoms with Gasteiger partial charge in [-0.05, 0) is 111 Å². The molecule has 282 valence electrons. The lowest BCUT2D eigenvalue weighted by atomic mass is 9.80. The van der Waals surface area contributed by atoms with E-state index < -0.39 is 0 Å². The number of pyridine rings is 1. The number of hydrogen-bond acceptors (Lipinski definition) is 5. The highest BCUT2D eigenvalue weighted by atomic mass is 32.2. The molecule has 0 aliphatic carbocycles. The van der Waals surface area contributed by atoms with Gasteiger partial charge in [-0.25, -0.2) is 4.98 Å². The highest BCUT2D eigenvalue weighted by Gasteiger charge is 2.28. The summed E-state index contributed by atoms with van der Waals surface area (Å²) < 4.78 is 0. The standard InChI is InChI=1S/C52H48N4S/c1-51(2,3)38-30-39(52(4,5)6)32-41(31-38)55-28-27-54(35-55)40-17-14-18-42(33-40)57-43-23-24-46-44-19-10-11-20-45(44)47-29-37(36-15-8-7-9-16-36)22-25-48(47)56(49(46)34-43)50-21-12-13-26-53-50/h7-34H,35H2,1-6H3. The Bertz CT molecular complexity index is 2580. The molecule has 0 saturated carbocycles. The van der Waals surface area contributed by atoms with E-state index in [4.69, 9.17) is 4.98 Å². The average molecular weight is 761 g/mol. The van der Waals surface area contributed by atoms with Crippen LogP contribution in [0.5, 0.6) is 0 Å². The van der Waals surface area contributed by atoms with Crippen molar-refractivity contribution in [2.45, 2.75) is 62.2 Å². The van der Waals surface area contributed by atoms with Gasteiger partial charge in [0, 0.05) is 50.9 Å². The normalized spacial score (nSPS) is 13.6. The van der Waals surface area contributed by atoms with E-state index in [0.717, 1.165) is 23.9 Å². The van der Waals surface area contributed by atoms with Gasteiger partial charge in [0.2, 0.25) is 0 Å². The molecule has 0 amide bonds. The molecule has 1 aromatic heterocycles. The third-order valence-electron chi connectivity index (χ3n) is 11.0. The van der Waals surface area contributed by atoms with E-state index in [1.807, 2.05) is 12.3 Å². The Labute approximate surface area is 342 Å². The van der Waals surface area contributed by atoms with Crippen molar-refractivity contribution < 1.29 is 0 Å². The molecule has 6 aromatic carbocycles. The van der Waals surface area contributed by atoms with Crippen LogP contribution >= 0.6 is 11.8 Å². The van der Waals surface area contributed by atoms with Crippen molar-refractivity contribution in [3.05, 3.63) is 181 Å². The molecular weight excluding hydrogens is 713 g/mol. The van der Waals surface area contributed by atoms with Crippen LogP contribution in [-0.4, -0.2) is 11.7 Å². The Morgan fingerprint density at radius 2 is 1.14 bits per heavy atom. The van der Waals surface area contributed by atoms with Gasteiger partial charge in [0.25, 0.3) is 0 Å². The first-order valence-corrected chi connectivity index (χ1v) is 20.6. The first-order valence-electron chi connectivity index (χ1n) is 19.8. The first kappa shape index (κ1) is 36.6. The summed E-state index contributed by atoms with van der Waals surface area (Å²) >= 11 is 1.79. The number of anilines is 5. The summed E-state index contributed by atoms with van der Waals surface area (Å²) in [5.74, 6) is 0.887. The molecule has 0 fully saturated rings. The summed E-state index contributed by atoms with van der Waals surface area (Å²) in [6, 6.07) is 55.3. The third kappa shape index (κ3) is 7.24. The van der Waals surface area contributed by atoms with Gasteiger partial charge in [-0.1, -0.05) is 138 Å². The van der Waals surface area contributed by atoms with Crippen molar-refractivity contribution in [2.24, 2.45) is 0 Å². The maximum absolute atomic E-state index is 4.92. The molecule has 0 unspecified atom stereocenters. The van der Waals surface area contributed by atoms with Crippen LogP contribution in [0.25, 0.3) is 33.4 Å². The molecule has 0 radical (unpaired) electrons. The van der Waals surface area contributed by atoms with Crippen molar-refractivity contribution >= 4 is 40.3 Å². The minimum absolute atomic E-state index is 0.0633. The van der Waals surface area contributed by atoms with E-state index >= 15 is 0 Å². The molecule has 2 aliphatic heterocycles. The molecule has 0 bridgehead atoms. The second kappa shape index (κ2) is 14.5. The summed E-state index contributed by atoms with van der Waals surface area (Å²) in [7, 11) is 0. The van der Waals surface area contributed by atoms with Gasteiger partial charge in [0.15, 0.2) is 0 Å². The van der Waals surface area contributed by atoms with Crippen LogP contribution < -0.4 is 14.7 Å². The second-order valence-corrected chi connectivity index (χ2v) is 18.2. The molecule has 5 heteroatoms. The van der Waals surface area contributed by atoms with Crippen LogP contribution in [0, 0.1) is 0 Å². The lowest BCUT2D eigenvalue weighted by Gasteiger charge is -2.29. The number of fused-ring (bicyclic) bond motifs is 5. The topological polar surface area (TPSA) is 22.6 Å². The van der Waals surface area contributed by atoms with Gasteiger partial charge in [-0.3, -0.25) is 4.90 Å². The van der Waals surface area contributed by atoms with Crippen LogP contribution in [0.3, 0.4) is 0 Å². The Morgan fingerprint density at radius 3 is 1.84 bits per heavy atom. The molecule has 0 saturated heterocycles. The number of benzene rings is 6.